The Hall–Kier alpha value is -0.620. The van der Waals surface area contributed by atoms with Gasteiger partial charge in [0.1, 0.15) is 0 Å². The van der Waals surface area contributed by atoms with Crippen LogP contribution in [0.15, 0.2) is 6.20 Å². The first kappa shape index (κ1) is 11.9. The standard InChI is InChI=1S/C9H14ClN3O2S/c10-4-1-2-8-6-13(12-11-8)9-3-5-16(14,15)7-9/h6,9H,1-5,7H2. The Balaban J connectivity index is 2.02. The highest BCUT2D eigenvalue weighted by Gasteiger charge is 2.29. The van der Waals surface area contributed by atoms with E-state index in [0.29, 0.717) is 12.3 Å². The van der Waals surface area contributed by atoms with Crippen LogP contribution in [0.2, 0.25) is 0 Å². The summed E-state index contributed by atoms with van der Waals surface area (Å²) in [5.74, 6) is 1.05. The number of alkyl halides is 1. The molecule has 90 valence electrons. The molecule has 0 aliphatic carbocycles. The van der Waals surface area contributed by atoms with Crippen LogP contribution >= 0.6 is 11.6 Å². The summed E-state index contributed by atoms with van der Waals surface area (Å²) >= 11 is 5.59. The molecule has 2 rings (SSSR count). The Bertz CT molecular complexity index is 457. The Kier molecular flexibility index (Phi) is 3.49. The van der Waals surface area contributed by atoms with Crippen LogP contribution in [-0.2, 0) is 16.3 Å². The van der Waals surface area contributed by atoms with Crippen LogP contribution in [0.25, 0.3) is 0 Å². The van der Waals surface area contributed by atoms with Gasteiger partial charge in [0.25, 0.3) is 0 Å². The molecule has 0 radical (unpaired) electrons. The van der Waals surface area contributed by atoms with Gasteiger partial charge in [0, 0.05) is 12.1 Å². The lowest BCUT2D eigenvalue weighted by Gasteiger charge is -2.05. The second-order valence-electron chi connectivity index (χ2n) is 4.04. The molecule has 1 aromatic rings. The molecule has 5 nitrogen and oxygen atoms in total. The molecule has 0 aromatic carbocycles. The largest absolute Gasteiger partial charge is 0.248 e. The predicted molar refractivity (Wildman–Crippen MR) is 61.4 cm³/mol. The van der Waals surface area contributed by atoms with Crippen molar-refractivity contribution in [3.63, 3.8) is 0 Å². The number of halogens is 1. The van der Waals surface area contributed by atoms with Crippen molar-refractivity contribution in [1.82, 2.24) is 15.0 Å². The summed E-state index contributed by atoms with van der Waals surface area (Å²) in [5, 5.41) is 7.98. The Labute approximate surface area is 99.7 Å². The molecule has 0 saturated carbocycles. The number of aromatic nitrogens is 3. The number of aryl methyl sites for hydroxylation is 1. The highest BCUT2D eigenvalue weighted by molar-refractivity contribution is 7.91. The fraction of sp³-hybridized carbons (Fsp3) is 0.778. The highest BCUT2D eigenvalue weighted by atomic mass is 35.5. The fourth-order valence-corrected chi connectivity index (χ4v) is 3.68. The van der Waals surface area contributed by atoms with Crippen LogP contribution in [0.4, 0.5) is 0 Å². The summed E-state index contributed by atoms with van der Waals surface area (Å²) in [4.78, 5) is 0. The third kappa shape index (κ3) is 2.74. The van der Waals surface area contributed by atoms with Gasteiger partial charge >= 0.3 is 0 Å². The van der Waals surface area contributed by atoms with Crippen molar-refractivity contribution in [3.05, 3.63) is 11.9 Å². The van der Waals surface area contributed by atoms with E-state index in [-0.39, 0.29) is 17.5 Å². The topological polar surface area (TPSA) is 64.8 Å². The first-order chi connectivity index (χ1) is 7.61. The molecule has 1 atom stereocenters. The quantitative estimate of drug-likeness (QED) is 0.754. The zero-order valence-electron chi connectivity index (χ0n) is 8.84. The van der Waals surface area contributed by atoms with Gasteiger partial charge in [-0.05, 0) is 19.3 Å². The smallest absolute Gasteiger partial charge is 0.152 e. The molecule has 0 amide bonds. The molecule has 1 aliphatic rings. The van der Waals surface area contributed by atoms with Crippen LogP contribution in [0, 0.1) is 0 Å². The first-order valence-corrected chi connectivity index (χ1v) is 7.63. The Morgan fingerprint density at radius 2 is 2.38 bits per heavy atom. The maximum atomic E-state index is 11.3. The van der Waals surface area contributed by atoms with Crippen molar-refractivity contribution >= 4 is 21.4 Å². The average Bonchev–Trinajstić information content (AvgIpc) is 2.81. The van der Waals surface area contributed by atoms with Crippen molar-refractivity contribution in [2.24, 2.45) is 0 Å². The Morgan fingerprint density at radius 3 is 3.00 bits per heavy atom. The maximum Gasteiger partial charge on any atom is 0.152 e. The third-order valence-electron chi connectivity index (χ3n) is 2.71. The minimum atomic E-state index is -2.86. The lowest BCUT2D eigenvalue weighted by molar-refractivity contribution is 0.484. The first-order valence-electron chi connectivity index (χ1n) is 5.28. The second kappa shape index (κ2) is 4.71. The van der Waals surface area contributed by atoms with Crippen LogP contribution in [-0.4, -0.2) is 40.8 Å². The predicted octanol–water partition coefficient (Wildman–Crippen LogP) is 0.809. The summed E-state index contributed by atoms with van der Waals surface area (Å²) in [6.45, 7) is 0. The second-order valence-corrected chi connectivity index (χ2v) is 6.65. The van der Waals surface area contributed by atoms with Crippen molar-refractivity contribution in [1.29, 1.82) is 0 Å². The summed E-state index contributed by atoms with van der Waals surface area (Å²) in [5.41, 5.74) is 0.880. The maximum absolute atomic E-state index is 11.3. The van der Waals surface area contributed by atoms with Gasteiger partial charge in [-0.1, -0.05) is 5.21 Å². The fourth-order valence-electron chi connectivity index (χ4n) is 1.84. The van der Waals surface area contributed by atoms with Gasteiger partial charge in [-0.2, -0.15) is 0 Å². The van der Waals surface area contributed by atoms with E-state index in [1.807, 2.05) is 6.20 Å². The number of sulfone groups is 1. The summed E-state index contributed by atoms with van der Waals surface area (Å²) < 4.78 is 24.3. The van der Waals surface area contributed by atoms with Gasteiger partial charge in [-0.25, -0.2) is 13.1 Å². The molecule has 1 unspecified atom stereocenters. The van der Waals surface area contributed by atoms with Gasteiger partial charge in [-0.3, -0.25) is 0 Å². The van der Waals surface area contributed by atoms with Crippen LogP contribution in [0.5, 0.6) is 0 Å². The molecule has 0 spiro atoms. The summed E-state index contributed by atoms with van der Waals surface area (Å²) in [7, 11) is -2.86. The highest BCUT2D eigenvalue weighted by Crippen LogP contribution is 2.22. The molecular weight excluding hydrogens is 250 g/mol. The van der Waals surface area contributed by atoms with E-state index in [1.165, 1.54) is 0 Å². The van der Waals surface area contributed by atoms with E-state index in [9.17, 15) is 8.42 Å². The summed E-state index contributed by atoms with van der Waals surface area (Å²) in [6.07, 6.45) is 4.13. The van der Waals surface area contributed by atoms with Crippen molar-refractivity contribution in [3.8, 4) is 0 Å². The monoisotopic (exact) mass is 263 g/mol. The zero-order valence-corrected chi connectivity index (χ0v) is 10.4. The van der Waals surface area contributed by atoms with Gasteiger partial charge in [0.05, 0.1) is 23.2 Å². The van der Waals surface area contributed by atoms with Gasteiger partial charge in [-0.15, -0.1) is 16.7 Å². The zero-order chi connectivity index (χ0) is 11.6. The van der Waals surface area contributed by atoms with E-state index in [2.05, 4.69) is 10.3 Å². The minimum absolute atomic E-state index is 0.0396. The summed E-state index contributed by atoms with van der Waals surface area (Å²) in [6, 6.07) is -0.0396. The molecule has 0 bridgehead atoms. The van der Waals surface area contributed by atoms with E-state index in [4.69, 9.17) is 11.6 Å². The number of hydrogen-bond donors (Lipinski definition) is 0. The third-order valence-corrected chi connectivity index (χ3v) is 4.72. The molecule has 1 aromatic heterocycles. The molecule has 0 N–H and O–H groups in total. The van der Waals surface area contributed by atoms with Crippen LogP contribution < -0.4 is 0 Å². The van der Waals surface area contributed by atoms with E-state index in [0.717, 1.165) is 18.5 Å². The van der Waals surface area contributed by atoms with E-state index < -0.39 is 9.84 Å². The normalized spacial score (nSPS) is 23.7. The van der Waals surface area contributed by atoms with Gasteiger partial charge < -0.3 is 0 Å². The molecular formula is C9H14ClN3O2S. The van der Waals surface area contributed by atoms with E-state index in [1.54, 1.807) is 4.68 Å². The average molecular weight is 264 g/mol. The van der Waals surface area contributed by atoms with Gasteiger partial charge in [0.15, 0.2) is 9.84 Å². The van der Waals surface area contributed by atoms with Crippen molar-refractivity contribution in [2.45, 2.75) is 25.3 Å². The molecule has 1 aliphatic heterocycles. The lowest BCUT2D eigenvalue weighted by atomic mass is 10.2. The van der Waals surface area contributed by atoms with Crippen molar-refractivity contribution < 1.29 is 8.42 Å². The lowest BCUT2D eigenvalue weighted by Crippen LogP contribution is -2.11. The SMILES string of the molecule is O=S1(=O)CCC(n2cc(CCCCl)nn2)C1. The Morgan fingerprint density at radius 1 is 1.56 bits per heavy atom. The number of hydrogen-bond acceptors (Lipinski definition) is 4. The van der Waals surface area contributed by atoms with Crippen molar-refractivity contribution in [2.75, 3.05) is 17.4 Å². The van der Waals surface area contributed by atoms with Crippen LogP contribution in [0.1, 0.15) is 24.6 Å². The molecule has 1 saturated heterocycles. The number of rotatable bonds is 4. The minimum Gasteiger partial charge on any atom is -0.248 e. The number of nitrogens with zero attached hydrogens (tertiary/aromatic N) is 3. The van der Waals surface area contributed by atoms with Crippen LogP contribution in [0.3, 0.4) is 0 Å². The molecule has 1 fully saturated rings. The molecule has 7 heteroatoms. The van der Waals surface area contributed by atoms with Gasteiger partial charge in [0.2, 0.25) is 0 Å². The van der Waals surface area contributed by atoms with E-state index >= 15 is 0 Å². The molecule has 16 heavy (non-hydrogen) atoms. The molecule has 2 heterocycles.